The van der Waals surface area contributed by atoms with Crippen molar-refractivity contribution in [2.24, 2.45) is 5.92 Å². The van der Waals surface area contributed by atoms with Crippen LogP contribution in [0.2, 0.25) is 0 Å². The van der Waals surface area contributed by atoms with Gasteiger partial charge in [-0.1, -0.05) is 6.42 Å². The molecule has 1 aliphatic rings. The van der Waals surface area contributed by atoms with E-state index in [1.807, 2.05) is 6.92 Å². The molecule has 1 fully saturated rings. The van der Waals surface area contributed by atoms with E-state index in [1.165, 1.54) is 36.7 Å². The first-order chi connectivity index (χ1) is 9.02. The van der Waals surface area contributed by atoms with Crippen molar-refractivity contribution in [2.45, 2.75) is 39.2 Å². The Morgan fingerprint density at radius 1 is 1.63 bits per heavy atom. The largest absolute Gasteiger partial charge is 0.388 e. The van der Waals surface area contributed by atoms with Crippen molar-refractivity contribution >= 4 is 22.0 Å². The lowest BCUT2D eigenvalue weighted by Gasteiger charge is -2.31. The lowest BCUT2D eigenvalue weighted by molar-refractivity contribution is -0.383. The van der Waals surface area contributed by atoms with Gasteiger partial charge in [-0.3, -0.25) is 10.1 Å². The van der Waals surface area contributed by atoms with Crippen LogP contribution in [0.5, 0.6) is 0 Å². The monoisotopic (exact) mass is 284 g/mol. The van der Waals surface area contributed by atoms with E-state index in [0.717, 1.165) is 13.1 Å². The molecule has 1 heterocycles. The van der Waals surface area contributed by atoms with Gasteiger partial charge in [0.25, 0.3) is 0 Å². The van der Waals surface area contributed by atoms with Crippen LogP contribution in [-0.4, -0.2) is 23.1 Å². The van der Waals surface area contributed by atoms with E-state index >= 15 is 0 Å². The van der Waals surface area contributed by atoms with Gasteiger partial charge in [-0.2, -0.15) is 0 Å². The standard InChI is InChI=1S/C13H20N2O3S/c1-3-14(8-10-5-4-6-10)13-11(15(17)18)7-12(19-13)9(2)16/h7,9-10,16H,3-6,8H2,1-2H3/t9-/m1/s1. The zero-order chi connectivity index (χ0) is 14.0. The number of aliphatic hydroxyl groups excluding tert-OH is 1. The maximum Gasteiger partial charge on any atom is 0.304 e. The normalized spacial score (nSPS) is 17.0. The quantitative estimate of drug-likeness (QED) is 0.642. The first-order valence-corrected chi connectivity index (χ1v) is 7.55. The molecule has 19 heavy (non-hydrogen) atoms. The predicted molar refractivity (Wildman–Crippen MR) is 76.8 cm³/mol. The first kappa shape index (κ1) is 14.3. The molecule has 0 amide bonds. The summed E-state index contributed by atoms with van der Waals surface area (Å²) in [6.07, 6.45) is 3.06. The van der Waals surface area contributed by atoms with Gasteiger partial charge in [-0.15, -0.1) is 11.3 Å². The molecule has 106 valence electrons. The second-order valence-electron chi connectivity index (χ2n) is 5.11. The number of nitro groups is 1. The van der Waals surface area contributed by atoms with Crippen LogP contribution >= 0.6 is 11.3 Å². The molecule has 1 atom stereocenters. The zero-order valence-electron chi connectivity index (χ0n) is 11.3. The molecule has 2 rings (SSSR count). The summed E-state index contributed by atoms with van der Waals surface area (Å²) >= 11 is 1.34. The average Bonchev–Trinajstić information content (AvgIpc) is 2.73. The Labute approximate surface area is 117 Å². The number of thiophene rings is 1. The van der Waals surface area contributed by atoms with E-state index in [-0.39, 0.29) is 10.6 Å². The van der Waals surface area contributed by atoms with Gasteiger partial charge in [0, 0.05) is 24.0 Å². The highest BCUT2D eigenvalue weighted by Crippen LogP contribution is 2.41. The van der Waals surface area contributed by atoms with E-state index in [0.29, 0.717) is 15.8 Å². The third-order valence-electron chi connectivity index (χ3n) is 3.69. The molecular formula is C13H20N2O3S. The first-order valence-electron chi connectivity index (χ1n) is 6.74. The number of nitrogens with zero attached hydrogens (tertiary/aromatic N) is 2. The summed E-state index contributed by atoms with van der Waals surface area (Å²) in [5.41, 5.74) is 0.127. The SMILES string of the molecule is CCN(CC1CCC1)c1sc([C@@H](C)O)cc1[N+](=O)[O-]. The maximum absolute atomic E-state index is 11.2. The molecule has 0 aromatic carbocycles. The van der Waals surface area contributed by atoms with E-state index in [4.69, 9.17) is 0 Å². The van der Waals surface area contributed by atoms with Crippen LogP contribution < -0.4 is 4.90 Å². The number of aliphatic hydroxyl groups is 1. The highest BCUT2D eigenvalue weighted by molar-refractivity contribution is 7.16. The van der Waals surface area contributed by atoms with Crippen molar-refractivity contribution in [3.8, 4) is 0 Å². The van der Waals surface area contributed by atoms with Crippen molar-refractivity contribution in [1.82, 2.24) is 0 Å². The number of anilines is 1. The van der Waals surface area contributed by atoms with Gasteiger partial charge in [0.15, 0.2) is 5.00 Å². The molecule has 1 saturated carbocycles. The van der Waals surface area contributed by atoms with Gasteiger partial charge in [-0.25, -0.2) is 0 Å². The second kappa shape index (κ2) is 5.88. The predicted octanol–water partition coefficient (Wildman–Crippen LogP) is 3.34. The van der Waals surface area contributed by atoms with Gasteiger partial charge >= 0.3 is 5.69 Å². The number of hydrogen-bond acceptors (Lipinski definition) is 5. The van der Waals surface area contributed by atoms with Gasteiger partial charge < -0.3 is 10.0 Å². The zero-order valence-corrected chi connectivity index (χ0v) is 12.2. The summed E-state index contributed by atoms with van der Waals surface area (Å²) in [5, 5.41) is 21.4. The summed E-state index contributed by atoms with van der Waals surface area (Å²) in [6, 6.07) is 1.51. The highest BCUT2D eigenvalue weighted by atomic mass is 32.1. The van der Waals surface area contributed by atoms with Crippen LogP contribution in [0.15, 0.2) is 6.07 Å². The van der Waals surface area contributed by atoms with Crippen LogP contribution in [0, 0.1) is 16.0 Å². The molecule has 0 radical (unpaired) electrons. The van der Waals surface area contributed by atoms with E-state index in [2.05, 4.69) is 4.90 Å². The average molecular weight is 284 g/mol. The Morgan fingerprint density at radius 3 is 2.74 bits per heavy atom. The summed E-state index contributed by atoms with van der Waals surface area (Å²) < 4.78 is 0. The molecule has 1 aromatic heterocycles. The molecule has 1 aromatic rings. The summed E-state index contributed by atoms with van der Waals surface area (Å²) in [5.74, 6) is 0.664. The number of rotatable bonds is 6. The molecule has 1 N–H and O–H groups in total. The third kappa shape index (κ3) is 3.06. The Bertz CT molecular complexity index is 455. The van der Waals surface area contributed by atoms with Crippen molar-refractivity contribution in [2.75, 3.05) is 18.0 Å². The van der Waals surface area contributed by atoms with E-state index in [1.54, 1.807) is 6.92 Å². The maximum atomic E-state index is 11.2. The van der Waals surface area contributed by atoms with Crippen LogP contribution in [0.3, 0.4) is 0 Å². The molecule has 0 saturated heterocycles. The summed E-state index contributed by atoms with van der Waals surface area (Å²) in [4.78, 5) is 13.5. The Morgan fingerprint density at radius 2 is 2.32 bits per heavy atom. The fourth-order valence-electron chi connectivity index (χ4n) is 2.30. The third-order valence-corrected chi connectivity index (χ3v) is 5.05. The summed E-state index contributed by atoms with van der Waals surface area (Å²) in [7, 11) is 0. The van der Waals surface area contributed by atoms with Gasteiger partial charge in [-0.05, 0) is 32.6 Å². The van der Waals surface area contributed by atoms with Crippen LogP contribution in [0.1, 0.15) is 44.1 Å². The minimum Gasteiger partial charge on any atom is -0.388 e. The van der Waals surface area contributed by atoms with Gasteiger partial charge in [0.1, 0.15) is 0 Å². The van der Waals surface area contributed by atoms with Crippen molar-refractivity contribution in [3.63, 3.8) is 0 Å². The topological polar surface area (TPSA) is 66.6 Å². The van der Waals surface area contributed by atoms with Gasteiger partial charge in [0.2, 0.25) is 0 Å². The molecule has 0 unspecified atom stereocenters. The Hall–Kier alpha value is -1.14. The summed E-state index contributed by atoms with van der Waals surface area (Å²) in [6.45, 7) is 5.31. The van der Waals surface area contributed by atoms with Crippen LogP contribution in [0.25, 0.3) is 0 Å². The minimum absolute atomic E-state index is 0.127. The molecular weight excluding hydrogens is 264 g/mol. The van der Waals surface area contributed by atoms with E-state index in [9.17, 15) is 15.2 Å². The van der Waals surface area contributed by atoms with Crippen LogP contribution in [0.4, 0.5) is 10.7 Å². The molecule has 6 heteroatoms. The van der Waals surface area contributed by atoms with Gasteiger partial charge in [0.05, 0.1) is 11.0 Å². The lowest BCUT2D eigenvalue weighted by Crippen LogP contribution is -2.32. The molecule has 0 spiro atoms. The van der Waals surface area contributed by atoms with Crippen molar-refractivity contribution in [3.05, 3.63) is 21.1 Å². The fraction of sp³-hybridized carbons (Fsp3) is 0.692. The lowest BCUT2D eigenvalue weighted by atomic mass is 9.85. The fourth-order valence-corrected chi connectivity index (χ4v) is 3.43. The van der Waals surface area contributed by atoms with Crippen molar-refractivity contribution in [1.29, 1.82) is 0 Å². The molecule has 5 nitrogen and oxygen atoms in total. The Kier molecular flexibility index (Phi) is 4.42. The minimum atomic E-state index is -0.653. The highest BCUT2D eigenvalue weighted by Gasteiger charge is 2.27. The number of hydrogen-bond donors (Lipinski definition) is 1. The smallest absolute Gasteiger partial charge is 0.304 e. The Balaban J connectivity index is 2.25. The van der Waals surface area contributed by atoms with Crippen LogP contribution in [-0.2, 0) is 0 Å². The van der Waals surface area contributed by atoms with Crippen molar-refractivity contribution < 1.29 is 10.0 Å². The molecule has 0 bridgehead atoms. The second-order valence-corrected chi connectivity index (χ2v) is 6.17. The van der Waals surface area contributed by atoms with E-state index < -0.39 is 6.10 Å². The molecule has 0 aliphatic heterocycles. The molecule has 1 aliphatic carbocycles.